The van der Waals surface area contributed by atoms with Gasteiger partial charge in [-0.05, 0) is 38.8 Å². The highest BCUT2D eigenvalue weighted by Crippen LogP contribution is 2.26. The summed E-state index contributed by atoms with van der Waals surface area (Å²) in [6.45, 7) is 9.55. The Morgan fingerprint density at radius 3 is 2.56 bits per heavy atom. The second kappa shape index (κ2) is 10.9. The molecular formula is C24H36N6O4. The molecule has 1 N–H and O–H groups in total. The Morgan fingerprint density at radius 1 is 1.26 bits per heavy atom. The van der Waals surface area contributed by atoms with Crippen LogP contribution in [0.5, 0.6) is 0 Å². The zero-order chi connectivity index (χ0) is 25.0. The summed E-state index contributed by atoms with van der Waals surface area (Å²) < 4.78 is 12.4. The lowest BCUT2D eigenvalue weighted by Gasteiger charge is -2.23. The summed E-state index contributed by atoms with van der Waals surface area (Å²) in [7, 11) is 5.24. The van der Waals surface area contributed by atoms with Gasteiger partial charge in [-0.1, -0.05) is 6.92 Å². The summed E-state index contributed by atoms with van der Waals surface area (Å²) in [4.78, 5) is 38.7. The van der Waals surface area contributed by atoms with Crippen molar-refractivity contribution in [2.75, 3.05) is 51.1 Å². The molecule has 0 saturated carbocycles. The highest BCUT2D eigenvalue weighted by atomic mass is 16.5. The standard InChI is InChI=1S/C24H36N6O4/c1-8-17-21(26-18-13-29(24(32)33-7)14-19(18)34-10-3)23(31)30(9-2)22(27-17)16-12-25-20(28(5)6)11-15(16)4/h11-12,18-19,26H,8-10,13-14H2,1-7H3/t18-,19+/m1/s1. The van der Waals surface area contributed by atoms with Crippen LogP contribution in [0.3, 0.4) is 0 Å². The van der Waals surface area contributed by atoms with Crippen LogP contribution in [0.15, 0.2) is 17.1 Å². The molecule has 2 atom stereocenters. The van der Waals surface area contributed by atoms with E-state index in [1.807, 2.05) is 52.8 Å². The molecule has 1 saturated heterocycles. The number of carbonyl (C=O) groups excluding carboxylic acids is 1. The highest BCUT2D eigenvalue weighted by molar-refractivity contribution is 5.68. The van der Waals surface area contributed by atoms with Gasteiger partial charge in [0.05, 0.1) is 31.5 Å². The van der Waals surface area contributed by atoms with Crippen molar-refractivity contribution in [1.82, 2.24) is 19.4 Å². The number of ether oxygens (including phenoxy) is 2. The van der Waals surface area contributed by atoms with Crippen molar-refractivity contribution in [3.05, 3.63) is 33.9 Å². The molecule has 0 radical (unpaired) electrons. The van der Waals surface area contributed by atoms with E-state index < -0.39 is 6.09 Å². The van der Waals surface area contributed by atoms with Crippen molar-refractivity contribution < 1.29 is 14.3 Å². The molecule has 34 heavy (non-hydrogen) atoms. The quantitative estimate of drug-likeness (QED) is 0.625. The van der Waals surface area contributed by atoms with Gasteiger partial charge in [-0.15, -0.1) is 0 Å². The Labute approximate surface area is 200 Å². The van der Waals surface area contributed by atoms with E-state index in [1.54, 1.807) is 15.7 Å². The van der Waals surface area contributed by atoms with Crippen LogP contribution in [0.4, 0.5) is 16.3 Å². The molecule has 1 amide bonds. The van der Waals surface area contributed by atoms with Gasteiger partial charge in [0, 0.05) is 45.6 Å². The molecule has 1 fully saturated rings. The minimum atomic E-state index is -0.409. The van der Waals surface area contributed by atoms with Crippen molar-refractivity contribution in [3.8, 4) is 11.4 Å². The topological polar surface area (TPSA) is 102 Å². The van der Waals surface area contributed by atoms with Crippen LogP contribution in [-0.2, 0) is 22.4 Å². The Balaban J connectivity index is 2.03. The number of nitrogens with one attached hydrogen (secondary N) is 1. The van der Waals surface area contributed by atoms with Crippen molar-refractivity contribution in [2.24, 2.45) is 0 Å². The smallest absolute Gasteiger partial charge is 0.409 e. The Kier molecular flexibility index (Phi) is 8.14. The molecule has 0 bridgehead atoms. The number of nitrogens with zero attached hydrogens (tertiary/aromatic N) is 5. The first-order chi connectivity index (χ1) is 16.2. The third-order valence-corrected chi connectivity index (χ3v) is 6.10. The molecule has 0 unspecified atom stereocenters. The van der Waals surface area contributed by atoms with Gasteiger partial charge in [-0.3, -0.25) is 9.36 Å². The maximum absolute atomic E-state index is 13.7. The minimum absolute atomic E-state index is 0.146. The van der Waals surface area contributed by atoms with E-state index in [9.17, 15) is 9.59 Å². The second-order valence-corrected chi connectivity index (χ2v) is 8.53. The summed E-state index contributed by atoms with van der Waals surface area (Å²) in [6.07, 6.45) is 1.69. The molecule has 186 valence electrons. The van der Waals surface area contributed by atoms with E-state index in [2.05, 4.69) is 10.3 Å². The van der Waals surface area contributed by atoms with Crippen molar-refractivity contribution in [2.45, 2.75) is 52.8 Å². The largest absolute Gasteiger partial charge is 0.453 e. The Hall–Kier alpha value is -3.14. The predicted molar refractivity (Wildman–Crippen MR) is 133 cm³/mol. The SMILES string of the molecule is CCO[C@H]1CN(C(=O)OC)C[C@H]1Nc1c(CC)nc(-c2cnc(N(C)C)cc2C)n(CC)c1=O. The van der Waals surface area contributed by atoms with Crippen LogP contribution < -0.4 is 15.8 Å². The summed E-state index contributed by atoms with van der Waals surface area (Å²) in [5.74, 6) is 1.45. The van der Waals surface area contributed by atoms with Gasteiger partial charge in [0.15, 0.2) is 0 Å². The van der Waals surface area contributed by atoms with E-state index in [1.165, 1.54) is 7.11 Å². The molecule has 2 aromatic rings. The number of methoxy groups -OCH3 is 1. The number of amides is 1. The van der Waals surface area contributed by atoms with Gasteiger partial charge in [0.25, 0.3) is 5.56 Å². The summed E-state index contributed by atoms with van der Waals surface area (Å²) >= 11 is 0. The molecular weight excluding hydrogens is 436 g/mol. The summed E-state index contributed by atoms with van der Waals surface area (Å²) in [5.41, 5.74) is 2.80. The lowest BCUT2D eigenvalue weighted by Crippen LogP contribution is -2.38. The van der Waals surface area contributed by atoms with Crippen LogP contribution in [0.2, 0.25) is 0 Å². The first kappa shape index (κ1) is 25.5. The molecule has 0 spiro atoms. The van der Waals surface area contributed by atoms with Crippen LogP contribution in [-0.4, -0.2) is 78.6 Å². The zero-order valence-electron chi connectivity index (χ0n) is 21.2. The van der Waals surface area contributed by atoms with E-state index in [0.29, 0.717) is 49.9 Å². The lowest BCUT2D eigenvalue weighted by molar-refractivity contribution is 0.0614. The normalized spacial score (nSPS) is 17.7. The number of rotatable bonds is 8. The monoisotopic (exact) mass is 472 g/mol. The number of aryl methyl sites for hydroxylation is 2. The number of anilines is 2. The minimum Gasteiger partial charge on any atom is -0.453 e. The third kappa shape index (κ3) is 5.01. The first-order valence-corrected chi connectivity index (χ1v) is 11.7. The van der Waals surface area contributed by atoms with Crippen LogP contribution in [0.1, 0.15) is 32.0 Å². The third-order valence-electron chi connectivity index (χ3n) is 6.10. The molecule has 2 aromatic heterocycles. The van der Waals surface area contributed by atoms with Crippen LogP contribution >= 0.6 is 0 Å². The van der Waals surface area contributed by atoms with E-state index >= 15 is 0 Å². The van der Waals surface area contributed by atoms with Crippen molar-refractivity contribution >= 4 is 17.6 Å². The van der Waals surface area contributed by atoms with Gasteiger partial charge in [-0.25, -0.2) is 14.8 Å². The van der Waals surface area contributed by atoms with Crippen LogP contribution in [0.25, 0.3) is 11.4 Å². The Bertz CT molecular complexity index is 1080. The number of carbonyl (C=O) groups is 1. The van der Waals surface area contributed by atoms with Gasteiger partial charge >= 0.3 is 6.09 Å². The number of hydrogen-bond acceptors (Lipinski definition) is 8. The predicted octanol–water partition coefficient (Wildman–Crippen LogP) is 2.53. The molecule has 1 aliphatic heterocycles. The maximum Gasteiger partial charge on any atom is 0.409 e. The number of likely N-dealkylation sites (tertiary alicyclic amines) is 1. The average Bonchev–Trinajstić information content (AvgIpc) is 3.22. The number of hydrogen-bond donors (Lipinski definition) is 1. The Morgan fingerprint density at radius 2 is 2.00 bits per heavy atom. The number of aromatic nitrogens is 3. The lowest BCUT2D eigenvalue weighted by atomic mass is 10.1. The van der Waals surface area contributed by atoms with E-state index in [0.717, 1.165) is 16.9 Å². The van der Waals surface area contributed by atoms with Crippen molar-refractivity contribution in [3.63, 3.8) is 0 Å². The highest BCUT2D eigenvalue weighted by Gasteiger charge is 2.37. The van der Waals surface area contributed by atoms with Gasteiger partial charge < -0.3 is 24.6 Å². The van der Waals surface area contributed by atoms with Gasteiger partial charge in [0.2, 0.25) is 0 Å². The van der Waals surface area contributed by atoms with Gasteiger partial charge in [-0.2, -0.15) is 0 Å². The molecule has 0 aromatic carbocycles. The molecule has 10 nitrogen and oxygen atoms in total. The second-order valence-electron chi connectivity index (χ2n) is 8.53. The fourth-order valence-electron chi connectivity index (χ4n) is 4.28. The summed E-state index contributed by atoms with van der Waals surface area (Å²) in [5, 5.41) is 3.37. The molecule has 0 aliphatic carbocycles. The van der Waals surface area contributed by atoms with Crippen molar-refractivity contribution in [1.29, 1.82) is 0 Å². The molecule has 3 rings (SSSR count). The number of pyridine rings is 1. The fourth-order valence-corrected chi connectivity index (χ4v) is 4.28. The first-order valence-electron chi connectivity index (χ1n) is 11.7. The maximum atomic E-state index is 13.7. The summed E-state index contributed by atoms with van der Waals surface area (Å²) in [6, 6.07) is 1.74. The zero-order valence-corrected chi connectivity index (χ0v) is 21.2. The molecule has 10 heteroatoms. The fraction of sp³-hybridized carbons (Fsp3) is 0.583. The van der Waals surface area contributed by atoms with E-state index in [-0.39, 0.29) is 17.7 Å². The van der Waals surface area contributed by atoms with E-state index in [4.69, 9.17) is 14.5 Å². The van der Waals surface area contributed by atoms with Crippen LogP contribution in [0, 0.1) is 6.92 Å². The average molecular weight is 473 g/mol. The van der Waals surface area contributed by atoms with Gasteiger partial charge in [0.1, 0.15) is 17.3 Å². The molecule has 3 heterocycles. The molecule has 1 aliphatic rings.